The standard InChI is InChI=1S/C15H20F2O/c1-3-11-6-8-15(18,9-7-11)13-12(16)5-4-10(2)14(13)17/h4-5,11,18H,3,6-9H2,1-2H3. The van der Waals surface area contributed by atoms with Crippen LogP contribution in [0.25, 0.3) is 0 Å². The Morgan fingerprint density at radius 1 is 1.28 bits per heavy atom. The lowest BCUT2D eigenvalue weighted by atomic mass is 9.74. The summed E-state index contributed by atoms with van der Waals surface area (Å²) in [6.45, 7) is 3.71. The number of hydrogen-bond donors (Lipinski definition) is 1. The summed E-state index contributed by atoms with van der Waals surface area (Å²) in [7, 11) is 0. The fourth-order valence-corrected chi connectivity index (χ4v) is 2.90. The van der Waals surface area contributed by atoms with Crippen LogP contribution in [0.5, 0.6) is 0 Å². The highest BCUT2D eigenvalue weighted by Crippen LogP contribution is 2.42. The molecule has 18 heavy (non-hydrogen) atoms. The summed E-state index contributed by atoms with van der Waals surface area (Å²) in [4.78, 5) is 0. The first-order valence-corrected chi connectivity index (χ1v) is 6.65. The summed E-state index contributed by atoms with van der Waals surface area (Å²) < 4.78 is 27.9. The molecule has 1 aromatic carbocycles. The summed E-state index contributed by atoms with van der Waals surface area (Å²) in [6, 6.07) is 2.66. The van der Waals surface area contributed by atoms with Crippen molar-refractivity contribution in [3.05, 3.63) is 34.9 Å². The molecule has 1 fully saturated rings. The fourth-order valence-electron chi connectivity index (χ4n) is 2.90. The molecule has 2 rings (SSSR count). The molecule has 1 N–H and O–H groups in total. The molecule has 0 spiro atoms. The zero-order valence-corrected chi connectivity index (χ0v) is 11.0. The average Bonchev–Trinajstić information content (AvgIpc) is 2.35. The first kappa shape index (κ1) is 13.5. The average molecular weight is 254 g/mol. The van der Waals surface area contributed by atoms with E-state index in [4.69, 9.17) is 0 Å². The lowest BCUT2D eigenvalue weighted by Gasteiger charge is -2.36. The molecule has 1 aliphatic rings. The van der Waals surface area contributed by atoms with E-state index in [1.165, 1.54) is 12.1 Å². The van der Waals surface area contributed by atoms with Gasteiger partial charge in [-0.1, -0.05) is 19.4 Å². The van der Waals surface area contributed by atoms with Crippen LogP contribution >= 0.6 is 0 Å². The second-order valence-electron chi connectivity index (χ2n) is 5.44. The molecule has 1 aromatic rings. The highest BCUT2D eigenvalue weighted by Gasteiger charge is 2.38. The van der Waals surface area contributed by atoms with Crippen LogP contribution in [-0.4, -0.2) is 5.11 Å². The molecule has 0 unspecified atom stereocenters. The third-order valence-corrected chi connectivity index (χ3v) is 4.26. The molecule has 0 aromatic heterocycles. The van der Waals surface area contributed by atoms with Gasteiger partial charge in [0.05, 0.1) is 11.2 Å². The molecule has 1 aliphatic carbocycles. The predicted molar refractivity (Wildman–Crippen MR) is 67.2 cm³/mol. The zero-order valence-electron chi connectivity index (χ0n) is 11.0. The maximum atomic E-state index is 14.1. The second-order valence-corrected chi connectivity index (χ2v) is 5.44. The van der Waals surface area contributed by atoms with E-state index in [2.05, 4.69) is 6.92 Å². The van der Waals surface area contributed by atoms with Crippen LogP contribution < -0.4 is 0 Å². The van der Waals surface area contributed by atoms with Crippen LogP contribution in [-0.2, 0) is 5.60 Å². The van der Waals surface area contributed by atoms with Crippen LogP contribution in [0.3, 0.4) is 0 Å². The molecule has 100 valence electrons. The lowest BCUT2D eigenvalue weighted by Crippen LogP contribution is -2.33. The van der Waals surface area contributed by atoms with Gasteiger partial charge in [-0.25, -0.2) is 8.78 Å². The molecule has 3 heteroatoms. The highest BCUT2D eigenvalue weighted by molar-refractivity contribution is 5.31. The Labute approximate surface area is 107 Å². The van der Waals surface area contributed by atoms with Crippen molar-refractivity contribution in [1.82, 2.24) is 0 Å². The van der Waals surface area contributed by atoms with Gasteiger partial charge in [-0.3, -0.25) is 0 Å². The normalized spacial score (nSPS) is 28.4. The number of halogens is 2. The molecule has 1 nitrogen and oxygen atoms in total. The summed E-state index contributed by atoms with van der Waals surface area (Å²) in [5.41, 5.74) is -1.07. The topological polar surface area (TPSA) is 20.2 Å². The van der Waals surface area contributed by atoms with E-state index in [0.29, 0.717) is 24.3 Å². The van der Waals surface area contributed by atoms with E-state index < -0.39 is 17.2 Å². The van der Waals surface area contributed by atoms with Gasteiger partial charge in [-0.05, 0) is 50.2 Å². The Kier molecular flexibility index (Phi) is 3.71. The number of benzene rings is 1. The molecule has 0 atom stereocenters. The Hall–Kier alpha value is -0.960. The largest absolute Gasteiger partial charge is 0.385 e. The summed E-state index contributed by atoms with van der Waals surface area (Å²) in [5, 5.41) is 10.6. The van der Waals surface area contributed by atoms with Gasteiger partial charge in [-0.15, -0.1) is 0 Å². The van der Waals surface area contributed by atoms with Gasteiger partial charge >= 0.3 is 0 Å². The monoisotopic (exact) mass is 254 g/mol. The van der Waals surface area contributed by atoms with E-state index >= 15 is 0 Å². The van der Waals surface area contributed by atoms with Crippen molar-refractivity contribution in [2.45, 2.75) is 51.6 Å². The lowest BCUT2D eigenvalue weighted by molar-refractivity contribution is -0.0205. The minimum Gasteiger partial charge on any atom is -0.385 e. The van der Waals surface area contributed by atoms with Crippen molar-refractivity contribution in [3.63, 3.8) is 0 Å². The molecule has 0 radical (unpaired) electrons. The van der Waals surface area contributed by atoms with Crippen LogP contribution in [0, 0.1) is 24.5 Å². The Morgan fingerprint density at radius 3 is 2.44 bits per heavy atom. The Balaban J connectivity index is 2.34. The number of aryl methyl sites for hydroxylation is 1. The molecular formula is C15H20F2O. The Bertz CT molecular complexity index is 434. The molecule has 0 heterocycles. The van der Waals surface area contributed by atoms with Crippen LogP contribution in [0.1, 0.15) is 50.2 Å². The first-order chi connectivity index (χ1) is 8.48. The van der Waals surface area contributed by atoms with Gasteiger partial charge in [0, 0.05) is 0 Å². The van der Waals surface area contributed by atoms with Gasteiger partial charge < -0.3 is 5.11 Å². The van der Waals surface area contributed by atoms with Gasteiger partial charge in [0.2, 0.25) is 0 Å². The highest BCUT2D eigenvalue weighted by atomic mass is 19.1. The first-order valence-electron chi connectivity index (χ1n) is 6.65. The van der Waals surface area contributed by atoms with E-state index in [1.54, 1.807) is 6.92 Å². The maximum Gasteiger partial charge on any atom is 0.135 e. The third-order valence-electron chi connectivity index (χ3n) is 4.26. The minimum atomic E-state index is -1.33. The molecule has 0 aliphatic heterocycles. The van der Waals surface area contributed by atoms with E-state index in [-0.39, 0.29) is 5.56 Å². The van der Waals surface area contributed by atoms with Crippen molar-refractivity contribution in [3.8, 4) is 0 Å². The van der Waals surface area contributed by atoms with E-state index in [0.717, 1.165) is 19.3 Å². The predicted octanol–water partition coefficient (Wildman–Crippen LogP) is 4.06. The summed E-state index contributed by atoms with van der Waals surface area (Å²) >= 11 is 0. The Morgan fingerprint density at radius 2 is 1.89 bits per heavy atom. The van der Waals surface area contributed by atoms with Gasteiger partial charge in [-0.2, -0.15) is 0 Å². The van der Waals surface area contributed by atoms with Crippen LogP contribution in [0.4, 0.5) is 8.78 Å². The molecular weight excluding hydrogens is 234 g/mol. The maximum absolute atomic E-state index is 14.1. The molecule has 1 saturated carbocycles. The van der Waals surface area contributed by atoms with Crippen LogP contribution in [0.15, 0.2) is 12.1 Å². The zero-order chi connectivity index (χ0) is 13.3. The molecule has 0 amide bonds. The van der Waals surface area contributed by atoms with Crippen molar-refractivity contribution in [2.24, 2.45) is 5.92 Å². The third kappa shape index (κ3) is 2.28. The van der Waals surface area contributed by atoms with Gasteiger partial charge in [0.15, 0.2) is 0 Å². The minimum absolute atomic E-state index is 0.128. The van der Waals surface area contributed by atoms with Crippen molar-refractivity contribution in [2.75, 3.05) is 0 Å². The summed E-state index contributed by atoms with van der Waals surface area (Å²) in [6.07, 6.45) is 3.63. The number of rotatable bonds is 2. The summed E-state index contributed by atoms with van der Waals surface area (Å²) in [5.74, 6) is -0.649. The SMILES string of the molecule is CCC1CCC(O)(c2c(F)ccc(C)c2F)CC1. The number of hydrogen-bond acceptors (Lipinski definition) is 1. The van der Waals surface area contributed by atoms with Crippen molar-refractivity contribution < 1.29 is 13.9 Å². The van der Waals surface area contributed by atoms with Crippen LogP contribution in [0.2, 0.25) is 0 Å². The van der Waals surface area contributed by atoms with Crippen molar-refractivity contribution in [1.29, 1.82) is 0 Å². The smallest absolute Gasteiger partial charge is 0.135 e. The fraction of sp³-hybridized carbons (Fsp3) is 0.600. The number of aliphatic hydroxyl groups is 1. The van der Waals surface area contributed by atoms with Crippen molar-refractivity contribution >= 4 is 0 Å². The molecule has 0 saturated heterocycles. The second kappa shape index (κ2) is 4.96. The van der Waals surface area contributed by atoms with Gasteiger partial charge in [0.1, 0.15) is 11.6 Å². The quantitative estimate of drug-likeness (QED) is 0.843. The van der Waals surface area contributed by atoms with Gasteiger partial charge in [0.25, 0.3) is 0 Å². The van der Waals surface area contributed by atoms with E-state index in [9.17, 15) is 13.9 Å². The van der Waals surface area contributed by atoms with E-state index in [1.807, 2.05) is 0 Å². The molecule has 0 bridgehead atoms.